The first kappa shape index (κ1) is 16.2. The molecule has 0 aromatic carbocycles. The molecule has 14 heavy (non-hydrogen) atoms. The Morgan fingerprint density at radius 3 is 1.86 bits per heavy atom. The number of rotatable bonds is 3. The maximum atomic E-state index is 10.3. The maximum absolute atomic E-state index is 10.3. The summed E-state index contributed by atoms with van der Waals surface area (Å²) in [4.78, 5) is 10.3. The van der Waals surface area contributed by atoms with Crippen molar-refractivity contribution in [3.05, 3.63) is 0 Å². The molecule has 0 spiro atoms. The summed E-state index contributed by atoms with van der Waals surface area (Å²) < 4.78 is 31.6. The van der Waals surface area contributed by atoms with Crippen molar-refractivity contribution in [2.75, 3.05) is 5.33 Å². The van der Waals surface area contributed by atoms with E-state index in [4.69, 9.17) is 28.4 Å². The van der Waals surface area contributed by atoms with E-state index < -0.39 is 21.9 Å². The lowest BCUT2D eigenvalue weighted by Gasteiger charge is -2.16. The standard InChI is InChI=1S/C5H10BrNO2.H2O4S/c1-5(7,2-3-6)4(8)9;1-5(2,3)4/h2-3,7H2,1H3,(H,8,9);(H2,1,2,3,4). The topological polar surface area (TPSA) is 138 Å². The Morgan fingerprint density at radius 1 is 1.50 bits per heavy atom. The van der Waals surface area contributed by atoms with Crippen LogP contribution in [0.5, 0.6) is 0 Å². The molecule has 7 nitrogen and oxygen atoms in total. The molecule has 0 aliphatic rings. The summed E-state index contributed by atoms with van der Waals surface area (Å²) in [6.45, 7) is 1.50. The lowest BCUT2D eigenvalue weighted by Crippen LogP contribution is -2.45. The molecule has 0 saturated heterocycles. The molecule has 1 atom stereocenters. The Morgan fingerprint density at radius 2 is 1.79 bits per heavy atom. The zero-order chi connectivity index (χ0) is 12.0. The van der Waals surface area contributed by atoms with Gasteiger partial charge in [0.1, 0.15) is 5.54 Å². The zero-order valence-electron chi connectivity index (χ0n) is 7.34. The summed E-state index contributed by atoms with van der Waals surface area (Å²) >= 11 is 3.11. The van der Waals surface area contributed by atoms with E-state index in [-0.39, 0.29) is 0 Å². The first-order valence-corrected chi connectivity index (χ1v) is 5.80. The van der Waals surface area contributed by atoms with Crippen LogP contribution in [0.15, 0.2) is 0 Å². The number of alkyl halides is 1. The third-order valence-corrected chi connectivity index (χ3v) is 1.50. The number of nitrogens with two attached hydrogens (primary N) is 1. The Balaban J connectivity index is 0. The van der Waals surface area contributed by atoms with E-state index in [1.165, 1.54) is 6.92 Å². The van der Waals surface area contributed by atoms with Gasteiger partial charge in [0.2, 0.25) is 0 Å². The number of hydrogen-bond acceptors (Lipinski definition) is 4. The van der Waals surface area contributed by atoms with Crippen molar-refractivity contribution in [3.8, 4) is 0 Å². The second-order valence-electron chi connectivity index (χ2n) is 2.61. The Kier molecular flexibility index (Phi) is 7.30. The molecule has 9 heteroatoms. The molecule has 0 bridgehead atoms. The Hall–Kier alpha value is -0.220. The SMILES string of the molecule is CC(N)(CCBr)C(=O)O.O=S(=O)(O)O. The second kappa shape index (κ2) is 6.30. The fraction of sp³-hybridized carbons (Fsp3) is 0.800. The number of carboxylic acid groups (broad SMARTS) is 1. The number of carboxylic acids is 1. The van der Waals surface area contributed by atoms with Crippen LogP contribution in [0.25, 0.3) is 0 Å². The molecule has 5 N–H and O–H groups in total. The minimum Gasteiger partial charge on any atom is -0.480 e. The lowest BCUT2D eigenvalue weighted by atomic mass is 10.0. The highest BCUT2D eigenvalue weighted by Crippen LogP contribution is 2.06. The van der Waals surface area contributed by atoms with Crippen LogP contribution in [-0.4, -0.2) is 39.5 Å². The van der Waals surface area contributed by atoms with Crippen molar-refractivity contribution in [2.45, 2.75) is 18.9 Å². The first-order chi connectivity index (χ1) is 6.00. The van der Waals surface area contributed by atoms with Gasteiger partial charge in [0.05, 0.1) is 0 Å². The first-order valence-electron chi connectivity index (χ1n) is 3.29. The summed E-state index contributed by atoms with van der Waals surface area (Å²) in [6, 6.07) is 0. The van der Waals surface area contributed by atoms with E-state index in [9.17, 15) is 4.79 Å². The van der Waals surface area contributed by atoms with Crippen molar-refractivity contribution in [1.82, 2.24) is 0 Å². The minimum atomic E-state index is -4.67. The van der Waals surface area contributed by atoms with Crippen LogP contribution < -0.4 is 5.73 Å². The van der Waals surface area contributed by atoms with Crippen molar-refractivity contribution >= 4 is 32.3 Å². The zero-order valence-corrected chi connectivity index (χ0v) is 9.75. The molecule has 0 aromatic heterocycles. The maximum Gasteiger partial charge on any atom is 0.394 e. The summed E-state index contributed by atoms with van der Waals surface area (Å²) in [6.07, 6.45) is 0.447. The van der Waals surface area contributed by atoms with Gasteiger partial charge in [0, 0.05) is 5.33 Å². The second-order valence-corrected chi connectivity index (χ2v) is 4.30. The van der Waals surface area contributed by atoms with Crippen LogP contribution in [-0.2, 0) is 15.2 Å². The minimum absolute atomic E-state index is 0.447. The Bertz CT molecular complexity index is 266. The van der Waals surface area contributed by atoms with E-state index in [0.29, 0.717) is 11.8 Å². The van der Waals surface area contributed by atoms with Gasteiger partial charge in [0.15, 0.2) is 0 Å². The summed E-state index contributed by atoms with van der Waals surface area (Å²) in [5.41, 5.74) is 4.26. The molecular weight excluding hydrogens is 282 g/mol. The molecule has 0 aliphatic heterocycles. The lowest BCUT2D eigenvalue weighted by molar-refractivity contribution is -0.142. The van der Waals surface area contributed by atoms with Crippen molar-refractivity contribution in [2.24, 2.45) is 5.73 Å². The van der Waals surface area contributed by atoms with Crippen LogP contribution >= 0.6 is 15.9 Å². The quantitative estimate of drug-likeness (QED) is 0.422. The number of carbonyl (C=O) groups is 1. The molecule has 0 aromatic rings. The summed E-state index contributed by atoms with van der Waals surface area (Å²) in [5.74, 6) is -0.957. The van der Waals surface area contributed by atoms with Crippen LogP contribution in [0.1, 0.15) is 13.3 Å². The van der Waals surface area contributed by atoms with Crippen LogP contribution in [0.4, 0.5) is 0 Å². The molecule has 1 unspecified atom stereocenters. The van der Waals surface area contributed by atoms with Gasteiger partial charge < -0.3 is 10.8 Å². The van der Waals surface area contributed by atoms with E-state index in [1.54, 1.807) is 0 Å². The molecule has 0 amide bonds. The van der Waals surface area contributed by atoms with E-state index >= 15 is 0 Å². The molecule has 0 rings (SSSR count). The smallest absolute Gasteiger partial charge is 0.394 e. The molecule has 0 saturated carbocycles. The fourth-order valence-corrected chi connectivity index (χ4v) is 1.13. The van der Waals surface area contributed by atoms with Crippen LogP contribution in [0.3, 0.4) is 0 Å². The predicted octanol–water partition coefficient (Wildman–Crippen LogP) is -0.0794. The molecule has 86 valence electrons. The highest BCUT2D eigenvalue weighted by Gasteiger charge is 2.26. The summed E-state index contributed by atoms with van der Waals surface area (Å²) in [5, 5.41) is 9.04. The van der Waals surface area contributed by atoms with Crippen molar-refractivity contribution < 1.29 is 27.4 Å². The fourth-order valence-electron chi connectivity index (χ4n) is 0.303. The van der Waals surface area contributed by atoms with Gasteiger partial charge in [-0.05, 0) is 13.3 Å². The van der Waals surface area contributed by atoms with Crippen LogP contribution in [0.2, 0.25) is 0 Å². The third kappa shape index (κ3) is 14.3. The summed E-state index contributed by atoms with van der Waals surface area (Å²) in [7, 11) is -4.67. The van der Waals surface area contributed by atoms with Gasteiger partial charge in [-0.25, -0.2) is 0 Å². The molecular formula is C5H12BrNO6S. The van der Waals surface area contributed by atoms with E-state index in [2.05, 4.69) is 15.9 Å². The van der Waals surface area contributed by atoms with E-state index in [1.807, 2.05) is 0 Å². The van der Waals surface area contributed by atoms with Crippen molar-refractivity contribution in [1.29, 1.82) is 0 Å². The molecule has 0 fully saturated rings. The Labute approximate surface area is 90.0 Å². The van der Waals surface area contributed by atoms with Gasteiger partial charge >= 0.3 is 16.4 Å². The predicted molar refractivity (Wildman–Crippen MR) is 52.8 cm³/mol. The number of aliphatic carboxylic acids is 1. The average Bonchev–Trinajstić information content (AvgIpc) is 1.82. The largest absolute Gasteiger partial charge is 0.480 e. The molecule has 0 aliphatic carbocycles. The highest BCUT2D eigenvalue weighted by atomic mass is 79.9. The monoisotopic (exact) mass is 293 g/mol. The average molecular weight is 294 g/mol. The van der Waals surface area contributed by atoms with Gasteiger partial charge in [-0.1, -0.05) is 15.9 Å². The van der Waals surface area contributed by atoms with Crippen LogP contribution in [0, 0.1) is 0 Å². The van der Waals surface area contributed by atoms with Gasteiger partial charge in [-0.15, -0.1) is 0 Å². The van der Waals surface area contributed by atoms with Crippen molar-refractivity contribution in [3.63, 3.8) is 0 Å². The normalized spacial score (nSPS) is 14.9. The third-order valence-electron chi connectivity index (χ3n) is 1.10. The number of hydrogen-bond donors (Lipinski definition) is 4. The van der Waals surface area contributed by atoms with Gasteiger partial charge in [0.25, 0.3) is 0 Å². The number of halogens is 1. The molecule has 0 radical (unpaired) electrons. The van der Waals surface area contributed by atoms with E-state index in [0.717, 1.165) is 0 Å². The van der Waals surface area contributed by atoms with Gasteiger partial charge in [-0.3, -0.25) is 13.9 Å². The van der Waals surface area contributed by atoms with Gasteiger partial charge in [-0.2, -0.15) is 8.42 Å². The highest BCUT2D eigenvalue weighted by molar-refractivity contribution is 9.09. The molecule has 0 heterocycles.